The molecule has 1 atom stereocenters. The van der Waals surface area contributed by atoms with E-state index in [0.717, 1.165) is 0 Å². The number of rotatable bonds is 6. The zero-order valence-electron chi connectivity index (χ0n) is 13.2. The molecule has 1 aromatic carbocycles. The van der Waals surface area contributed by atoms with E-state index in [2.05, 4.69) is 5.32 Å². The molecule has 4 nitrogen and oxygen atoms in total. The van der Waals surface area contributed by atoms with Crippen molar-refractivity contribution in [1.29, 1.82) is 0 Å². The monoisotopic (exact) mass is 312 g/mol. The first-order valence-electron chi connectivity index (χ1n) is 7.18. The summed E-state index contributed by atoms with van der Waals surface area (Å²) in [4.78, 5) is 13.9. The summed E-state index contributed by atoms with van der Waals surface area (Å²) >= 11 is 6.08. The van der Waals surface area contributed by atoms with E-state index >= 15 is 0 Å². The standard InChI is InChI=1S/C16H25ClN2O2/c1-5-19(11-15(21)18-16(2,3)4)10-14(20)12-8-6-7-9-13(12)17/h6-9,14,20H,5,10-11H2,1-4H3,(H,18,21)/t14-/m0/s1. The van der Waals surface area contributed by atoms with Crippen molar-refractivity contribution >= 4 is 17.5 Å². The molecule has 1 rings (SSSR count). The zero-order chi connectivity index (χ0) is 16.0. The summed E-state index contributed by atoms with van der Waals surface area (Å²) in [6.45, 7) is 9.11. The molecule has 118 valence electrons. The van der Waals surface area contributed by atoms with Crippen LogP contribution >= 0.6 is 11.6 Å². The number of hydrogen-bond donors (Lipinski definition) is 2. The Kier molecular flexibility index (Phi) is 6.65. The Hall–Kier alpha value is -1.10. The number of likely N-dealkylation sites (N-methyl/N-ethyl adjacent to an activating group) is 1. The molecule has 0 bridgehead atoms. The topological polar surface area (TPSA) is 52.6 Å². The van der Waals surface area contributed by atoms with Gasteiger partial charge in [-0.3, -0.25) is 9.69 Å². The van der Waals surface area contributed by atoms with Gasteiger partial charge >= 0.3 is 0 Å². The van der Waals surface area contributed by atoms with Crippen molar-refractivity contribution in [2.75, 3.05) is 19.6 Å². The lowest BCUT2D eigenvalue weighted by Crippen LogP contribution is -2.46. The molecule has 1 aromatic rings. The Morgan fingerprint density at radius 2 is 2.00 bits per heavy atom. The maximum absolute atomic E-state index is 12.0. The molecule has 0 aromatic heterocycles. The van der Waals surface area contributed by atoms with Crippen molar-refractivity contribution in [3.05, 3.63) is 34.9 Å². The molecule has 0 heterocycles. The number of halogens is 1. The van der Waals surface area contributed by atoms with Crippen LogP contribution in [0.2, 0.25) is 5.02 Å². The van der Waals surface area contributed by atoms with Crippen LogP contribution < -0.4 is 5.32 Å². The van der Waals surface area contributed by atoms with Gasteiger partial charge in [0.2, 0.25) is 5.91 Å². The van der Waals surface area contributed by atoms with Gasteiger partial charge < -0.3 is 10.4 Å². The summed E-state index contributed by atoms with van der Waals surface area (Å²) in [5.41, 5.74) is 0.437. The van der Waals surface area contributed by atoms with Crippen molar-refractivity contribution in [3.63, 3.8) is 0 Å². The lowest BCUT2D eigenvalue weighted by atomic mass is 10.1. The molecule has 0 aliphatic rings. The number of aliphatic hydroxyl groups is 1. The molecular formula is C16H25ClN2O2. The van der Waals surface area contributed by atoms with Crippen LogP contribution in [0.5, 0.6) is 0 Å². The van der Waals surface area contributed by atoms with Crippen molar-refractivity contribution in [3.8, 4) is 0 Å². The van der Waals surface area contributed by atoms with Gasteiger partial charge in [0.25, 0.3) is 0 Å². The first-order chi connectivity index (χ1) is 9.73. The first-order valence-corrected chi connectivity index (χ1v) is 7.56. The zero-order valence-corrected chi connectivity index (χ0v) is 13.9. The Morgan fingerprint density at radius 3 is 2.52 bits per heavy atom. The van der Waals surface area contributed by atoms with Crippen LogP contribution in [0.15, 0.2) is 24.3 Å². The highest BCUT2D eigenvalue weighted by Crippen LogP contribution is 2.23. The van der Waals surface area contributed by atoms with E-state index in [-0.39, 0.29) is 18.0 Å². The van der Waals surface area contributed by atoms with Crippen LogP contribution in [0.3, 0.4) is 0 Å². The number of carbonyl (C=O) groups excluding carboxylic acids is 1. The molecule has 0 aliphatic heterocycles. The third-order valence-electron chi connectivity index (χ3n) is 3.02. The van der Waals surface area contributed by atoms with Gasteiger partial charge in [-0.2, -0.15) is 0 Å². The lowest BCUT2D eigenvalue weighted by molar-refractivity contribution is -0.123. The Morgan fingerprint density at radius 1 is 1.38 bits per heavy atom. The number of benzene rings is 1. The van der Waals surface area contributed by atoms with Crippen LogP contribution in [0.25, 0.3) is 0 Å². The number of hydrogen-bond acceptors (Lipinski definition) is 3. The second-order valence-corrected chi connectivity index (χ2v) is 6.57. The number of nitrogens with one attached hydrogen (secondary N) is 1. The third-order valence-corrected chi connectivity index (χ3v) is 3.37. The maximum Gasteiger partial charge on any atom is 0.234 e. The van der Waals surface area contributed by atoms with E-state index in [1.54, 1.807) is 12.1 Å². The van der Waals surface area contributed by atoms with Gasteiger partial charge in [-0.25, -0.2) is 0 Å². The molecule has 1 amide bonds. The minimum absolute atomic E-state index is 0.0456. The molecule has 0 saturated carbocycles. The molecule has 0 saturated heterocycles. The van der Waals surface area contributed by atoms with Gasteiger partial charge in [0.05, 0.1) is 12.6 Å². The summed E-state index contributed by atoms with van der Waals surface area (Å²) in [5, 5.41) is 13.8. The fourth-order valence-electron chi connectivity index (χ4n) is 2.05. The SMILES string of the molecule is CCN(CC(=O)NC(C)(C)C)C[C@H](O)c1ccccc1Cl. The minimum Gasteiger partial charge on any atom is -0.387 e. The lowest BCUT2D eigenvalue weighted by Gasteiger charge is -2.26. The molecule has 0 fully saturated rings. The number of nitrogens with zero attached hydrogens (tertiary/aromatic N) is 1. The highest BCUT2D eigenvalue weighted by Gasteiger charge is 2.19. The van der Waals surface area contributed by atoms with Crippen LogP contribution in [0, 0.1) is 0 Å². The normalized spacial score (nSPS) is 13.3. The summed E-state index contributed by atoms with van der Waals surface area (Å²) in [6, 6.07) is 7.22. The highest BCUT2D eigenvalue weighted by molar-refractivity contribution is 6.31. The average Bonchev–Trinajstić information content (AvgIpc) is 2.36. The quantitative estimate of drug-likeness (QED) is 0.849. The van der Waals surface area contributed by atoms with Gasteiger partial charge in [-0.15, -0.1) is 0 Å². The molecule has 5 heteroatoms. The number of carbonyl (C=O) groups is 1. The fourth-order valence-corrected chi connectivity index (χ4v) is 2.32. The van der Waals surface area contributed by atoms with Gasteiger partial charge in [-0.05, 0) is 33.4 Å². The third kappa shape index (κ3) is 6.46. The molecule has 0 radical (unpaired) electrons. The van der Waals surface area contributed by atoms with E-state index in [1.165, 1.54) is 0 Å². The molecule has 0 spiro atoms. The van der Waals surface area contributed by atoms with E-state index in [4.69, 9.17) is 11.6 Å². The van der Waals surface area contributed by atoms with Gasteiger partial charge in [0.15, 0.2) is 0 Å². The minimum atomic E-state index is -0.707. The van der Waals surface area contributed by atoms with Gasteiger partial charge in [0.1, 0.15) is 0 Å². The molecular weight excluding hydrogens is 288 g/mol. The summed E-state index contributed by atoms with van der Waals surface area (Å²) in [7, 11) is 0. The molecule has 2 N–H and O–H groups in total. The van der Waals surface area contributed by atoms with Crippen LogP contribution in [0.4, 0.5) is 0 Å². The smallest absolute Gasteiger partial charge is 0.234 e. The van der Waals surface area contributed by atoms with E-state index in [1.807, 2.05) is 44.7 Å². The highest BCUT2D eigenvalue weighted by atomic mass is 35.5. The summed E-state index contributed by atoms with van der Waals surface area (Å²) < 4.78 is 0. The first kappa shape index (κ1) is 18.0. The van der Waals surface area contributed by atoms with Gasteiger partial charge in [-0.1, -0.05) is 36.7 Å². The molecule has 0 unspecified atom stereocenters. The Labute approximate surface area is 132 Å². The van der Waals surface area contributed by atoms with E-state index in [0.29, 0.717) is 23.7 Å². The predicted molar refractivity (Wildman–Crippen MR) is 86.4 cm³/mol. The van der Waals surface area contributed by atoms with Crippen LogP contribution in [-0.4, -0.2) is 41.1 Å². The summed E-state index contributed by atoms with van der Waals surface area (Å²) in [6.07, 6.45) is -0.707. The second kappa shape index (κ2) is 7.78. The number of amides is 1. The van der Waals surface area contributed by atoms with Crippen molar-refractivity contribution in [2.24, 2.45) is 0 Å². The second-order valence-electron chi connectivity index (χ2n) is 6.16. The van der Waals surface area contributed by atoms with Crippen LogP contribution in [0.1, 0.15) is 39.4 Å². The maximum atomic E-state index is 12.0. The van der Waals surface area contributed by atoms with Crippen molar-refractivity contribution < 1.29 is 9.90 Å². The van der Waals surface area contributed by atoms with Gasteiger partial charge in [0, 0.05) is 22.7 Å². The summed E-state index contributed by atoms with van der Waals surface area (Å²) in [5.74, 6) is -0.0456. The Bertz CT molecular complexity index is 472. The largest absolute Gasteiger partial charge is 0.387 e. The van der Waals surface area contributed by atoms with E-state index in [9.17, 15) is 9.90 Å². The van der Waals surface area contributed by atoms with Crippen molar-refractivity contribution in [2.45, 2.75) is 39.3 Å². The van der Waals surface area contributed by atoms with Crippen molar-refractivity contribution in [1.82, 2.24) is 10.2 Å². The number of aliphatic hydroxyl groups excluding tert-OH is 1. The van der Waals surface area contributed by atoms with Crippen LogP contribution in [-0.2, 0) is 4.79 Å². The fraction of sp³-hybridized carbons (Fsp3) is 0.562. The van der Waals surface area contributed by atoms with E-state index < -0.39 is 6.10 Å². The average molecular weight is 313 g/mol. The molecule has 21 heavy (non-hydrogen) atoms. The molecule has 0 aliphatic carbocycles. The predicted octanol–water partition coefficient (Wildman–Crippen LogP) is 2.61. The Balaban J connectivity index is 2.62.